The van der Waals surface area contributed by atoms with Gasteiger partial charge in [0.2, 0.25) is 11.8 Å². The number of carbonyl (C=O) groups excluding carboxylic acids is 2. The Bertz CT molecular complexity index is 1690. The Morgan fingerprint density at radius 2 is 1.50 bits per heavy atom. The number of benzene rings is 4. The summed E-state index contributed by atoms with van der Waals surface area (Å²) in [6, 6.07) is 27.8. The highest BCUT2D eigenvalue weighted by Gasteiger charge is 2.35. The van der Waals surface area contributed by atoms with Crippen molar-refractivity contribution in [2.75, 3.05) is 32.1 Å². The number of anilines is 1. The average molecular weight is 636 g/mol. The lowest BCUT2D eigenvalue weighted by molar-refractivity contribution is -0.139. The Balaban J connectivity index is 1.84. The summed E-state index contributed by atoms with van der Waals surface area (Å²) in [5, 5.41) is 2.92. The van der Waals surface area contributed by atoms with Crippen LogP contribution in [0.2, 0.25) is 5.02 Å². The molecule has 0 saturated heterocycles. The van der Waals surface area contributed by atoms with Gasteiger partial charge in [0.05, 0.1) is 24.8 Å². The summed E-state index contributed by atoms with van der Waals surface area (Å²) in [5.41, 5.74) is 1.60. The normalized spacial score (nSPS) is 11.7. The van der Waals surface area contributed by atoms with E-state index in [0.717, 1.165) is 9.87 Å². The Morgan fingerprint density at radius 1 is 0.841 bits per heavy atom. The highest BCUT2D eigenvalue weighted by Crippen LogP contribution is 2.35. The molecule has 0 fully saturated rings. The molecule has 4 aromatic carbocycles. The van der Waals surface area contributed by atoms with Crippen LogP contribution in [0.1, 0.15) is 11.1 Å². The number of ether oxygens (including phenoxy) is 2. The first-order chi connectivity index (χ1) is 21.2. The van der Waals surface area contributed by atoms with Crippen LogP contribution < -0.4 is 19.1 Å². The molecule has 0 unspecified atom stereocenters. The zero-order valence-electron chi connectivity index (χ0n) is 24.6. The monoisotopic (exact) mass is 635 g/mol. The van der Waals surface area contributed by atoms with Gasteiger partial charge in [0.1, 0.15) is 24.1 Å². The van der Waals surface area contributed by atoms with Crippen LogP contribution in [-0.2, 0) is 32.6 Å². The van der Waals surface area contributed by atoms with Crippen molar-refractivity contribution in [3.05, 3.63) is 119 Å². The van der Waals surface area contributed by atoms with E-state index >= 15 is 0 Å². The Kier molecular flexibility index (Phi) is 10.9. The molecule has 2 amide bonds. The molecule has 0 bridgehead atoms. The van der Waals surface area contributed by atoms with E-state index in [4.69, 9.17) is 21.1 Å². The molecule has 11 heteroatoms. The van der Waals surface area contributed by atoms with E-state index in [1.165, 1.54) is 50.4 Å². The molecule has 0 spiro atoms. The van der Waals surface area contributed by atoms with Crippen LogP contribution in [0.5, 0.6) is 11.5 Å². The van der Waals surface area contributed by atoms with E-state index in [2.05, 4.69) is 5.32 Å². The van der Waals surface area contributed by atoms with Crippen LogP contribution in [0.4, 0.5) is 5.69 Å². The predicted octanol–water partition coefficient (Wildman–Crippen LogP) is 4.94. The summed E-state index contributed by atoms with van der Waals surface area (Å²) in [7, 11) is 0.137. The maximum Gasteiger partial charge on any atom is 0.264 e. The highest BCUT2D eigenvalue weighted by molar-refractivity contribution is 7.92. The first-order valence-electron chi connectivity index (χ1n) is 13.8. The lowest BCUT2D eigenvalue weighted by atomic mass is 10.0. The van der Waals surface area contributed by atoms with Crippen LogP contribution in [0, 0.1) is 0 Å². The smallest absolute Gasteiger partial charge is 0.264 e. The number of hydrogen-bond acceptors (Lipinski definition) is 6. The van der Waals surface area contributed by atoms with Gasteiger partial charge in [0, 0.05) is 25.0 Å². The molecule has 0 saturated carbocycles. The number of carbonyl (C=O) groups is 2. The molecule has 0 aliphatic carbocycles. The molecule has 0 aromatic heterocycles. The van der Waals surface area contributed by atoms with Gasteiger partial charge in [-0.2, -0.15) is 0 Å². The Morgan fingerprint density at radius 3 is 2.14 bits per heavy atom. The lowest BCUT2D eigenvalue weighted by Crippen LogP contribution is -2.53. The van der Waals surface area contributed by atoms with Crippen molar-refractivity contribution in [1.82, 2.24) is 10.2 Å². The largest absolute Gasteiger partial charge is 0.497 e. The molecule has 4 aromatic rings. The topological polar surface area (TPSA) is 105 Å². The maximum absolute atomic E-state index is 14.4. The van der Waals surface area contributed by atoms with Crippen molar-refractivity contribution in [3.8, 4) is 11.5 Å². The number of halogens is 1. The minimum absolute atomic E-state index is 0.00680. The van der Waals surface area contributed by atoms with Crippen molar-refractivity contribution in [2.24, 2.45) is 0 Å². The van der Waals surface area contributed by atoms with Crippen LogP contribution in [0.3, 0.4) is 0 Å². The van der Waals surface area contributed by atoms with Gasteiger partial charge in [0.15, 0.2) is 0 Å². The molecule has 230 valence electrons. The third kappa shape index (κ3) is 7.69. The molecule has 0 aliphatic heterocycles. The summed E-state index contributed by atoms with van der Waals surface area (Å²) >= 11 is 6.31. The lowest BCUT2D eigenvalue weighted by Gasteiger charge is -2.34. The van der Waals surface area contributed by atoms with E-state index in [0.29, 0.717) is 11.3 Å². The Hall–Kier alpha value is -4.54. The molecular weight excluding hydrogens is 602 g/mol. The number of sulfonamides is 1. The number of likely N-dealkylation sites (N-methyl/N-ethyl adjacent to an activating group) is 1. The second-order valence-corrected chi connectivity index (χ2v) is 12.1. The third-order valence-corrected chi connectivity index (χ3v) is 9.03. The van der Waals surface area contributed by atoms with Crippen molar-refractivity contribution >= 4 is 39.1 Å². The minimum atomic E-state index is -4.30. The molecule has 0 heterocycles. The zero-order valence-corrected chi connectivity index (χ0v) is 26.2. The standard InChI is InChI=1S/C33H34ClN3O6S/c1-35-33(39)30(20-24-11-6-4-7-12-24)36(22-25-13-10-14-27(19-25)42-2)32(38)23-37(29-21-26(34)17-18-31(29)43-3)44(40,41)28-15-8-5-9-16-28/h4-19,21,30H,20,22-23H2,1-3H3,(H,35,39)/t30-/m0/s1. The second-order valence-electron chi connectivity index (χ2n) is 9.83. The molecule has 0 radical (unpaired) electrons. The molecule has 1 atom stereocenters. The van der Waals surface area contributed by atoms with E-state index in [1.807, 2.05) is 36.4 Å². The molecule has 9 nitrogen and oxygen atoms in total. The zero-order chi connectivity index (χ0) is 31.7. The molecule has 0 aliphatic rings. The van der Waals surface area contributed by atoms with E-state index in [9.17, 15) is 18.0 Å². The van der Waals surface area contributed by atoms with Crippen LogP contribution in [0.15, 0.2) is 108 Å². The van der Waals surface area contributed by atoms with Gasteiger partial charge in [0.25, 0.3) is 10.0 Å². The summed E-state index contributed by atoms with van der Waals surface area (Å²) in [6.07, 6.45) is 0.197. The van der Waals surface area contributed by atoms with Crippen LogP contribution in [0.25, 0.3) is 0 Å². The van der Waals surface area contributed by atoms with Gasteiger partial charge in [-0.15, -0.1) is 0 Å². The van der Waals surface area contributed by atoms with E-state index < -0.39 is 34.4 Å². The fourth-order valence-corrected chi connectivity index (χ4v) is 6.38. The van der Waals surface area contributed by atoms with Crippen LogP contribution >= 0.6 is 11.6 Å². The second kappa shape index (κ2) is 14.8. The predicted molar refractivity (Wildman–Crippen MR) is 171 cm³/mol. The van der Waals surface area contributed by atoms with Gasteiger partial charge in [-0.05, 0) is 53.6 Å². The molecule has 4 rings (SSSR count). The van der Waals surface area contributed by atoms with Gasteiger partial charge in [-0.1, -0.05) is 72.3 Å². The number of rotatable bonds is 13. The summed E-state index contributed by atoms with van der Waals surface area (Å²) in [5.74, 6) is -0.235. The van der Waals surface area contributed by atoms with Gasteiger partial charge < -0.3 is 19.7 Å². The van der Waals surface area contributed by atoms with E-state index in [-0.39, 0.29) is 34.3 Å². The van der Waals surface area contributed by atoms with Crippen molar-refractivity contribution < 1.29 is 27.5 Å². The summed E-state index contributed by atoms with van der Waals surface area (Å²) < 4.78 is 40.1. The SMILES string of the molecule is CNC(=O)[C@H](Cc1ccccc1)N(Cc1cccc(OC)c1)C(=O)CN(c1cc(Cl)ccc1OC)S(=O)(=O)c1ccccc1. The van der Waals surface area contributed by atoms with Gasteiger partial charge >= 0.3 is 0 Å². The summed E-state index contributed by atoms with van der Waals surface area (Å²) in [4.78, 5) is 29.2. The van der Waals surface area contributed by atoms with Crippen molar-refractivity contribution in [2.45, 2.75) is 23.9 Å². The minimum Gasteiger partial charge on any atom is -0.497 e. The van der Waals surface area contributed by atoms with Crippen molar-refractivity contribution in [1.29, 1.82) is 0 Å². The van der Waals surface area contributed by atoms with Crippen molar-refractivity contribution in [3.63, 3.8) is 0 Å². The first-order valence-corrected chi connectivity index (χ1v) is 15.6. The number of hydrogen-bond donors (Lipinski definition) is 1. The number of nitrogens with zero attached hydrogens (tertiary/aromatic N) is 2. The van der Waals surface area contributed by atoms with E-state index in [1.54, 1.807) is 42.5 Å². The quantitative estimate of drug-likeness (QED) is 0.223. The highest BCUT2D eigenvalue weighted by atomic mass is 35.5. The fraction of sp³-hybridized carbons (Fsp3) is 0.212. The van der Waals surface area contributed by atoms with Crippen LogP contribution in [-0.4, -0.2) is 59.0 Å². The number of amides is 2. The summed E-state index contributed by atoms with van der Waals surface area (Å²) in [6.45, 7) is -0.632. The fourth-order valence-electron chi connectivity index (χ4n) is 4.78. The number of methoxy groups -OCH3 is 2. The molecule has 1 N–H and O–H groups in total. The molecular formula is C33H34ClN3O6S. The maximum atomic E-state index is 14.4. The number of nitrogens with one attached hydrogen (secondary N) is 1. The van der Waals surface area contributed by atoms with Gasteiger partial charge in [-0.25, -0.2) is 8.42 Å². The average Bonchev–Trinajstić information content (AvgIpc) is 3.05. The Labute approximate surface area is 263 Å². The first kappa shape index (κ1) is 32.4. The molecule has 44 heavy (non-hydrogen) atoms. The third-order valence-electron chi connectivity index (χ3n) is 7.02. The van der Waals surface area contributed by atoms with Gasteiger partial charge in [-0.3, -0.25) is 13.9 Å².